The van der Waals surface area contributed by atoms with Crippen molar-refractivity contribution in [3.63, 3.8) is 0 Å². The topological polar surface area (TPSA) is 20.3 Å². The number of thiophene rings is 1. The largest absolute Gasteiger partial charge is 0.303 e. The first-order chi connectivity index (χ1) is 9.17. The van der Waals surface area contributed by atoms with Crippen molar-refractivity contribution in [3.8, 4) is 0 Å². The van der Waals surface area contributed by atoms with E-state index in [9.17, 15) is 4.79 Å². The van der Waals surface area contributed by atoms with Crippen LogP contribution in [0.2, 0.25) is 0 Å². The van der Waals surface area contributed by atoms with Crippen molar-refractivity contribution < 1.29 is 4.79 Å². The molecule has 0 amide bonds. The lowest BCUT2D eigenvalue weighted by Gasteiger charge is -2.34. The fraction of sp³-hybridized carbons (Fsp3) is 0.688. The Morgan fingerprint density at radius 2 is 2.05 bits per heavy atom. The number of carbonyl (C=O) groups excluding carboxylic acids is 1. The van der Waals surface area contributed by atoms with Crippen molar-refractivity contribution >= 4 is 17.6 Å². The van der Waals surface area contributed by atoms with Crippen LogP contribution in [0.4, 0.5) is 0 Å². The molecule has 0 bridgehead atoms. The number of nitrogens with zero attached hydrogens (tertiary/aromatic N) is 1. The molecule has 2 rings (SSSR count). The van der Waals surface area contributed by atoms with Gasteiger partial charge in [-0.3, -0.25) is 4.90 Å². The van der Waals surface area contributed by atoms with Gasteiger partial charge in [-0.2, -0.15) is 0 Å². The van der Waals surface area contributed by atoms with Gasteiger partial charge >= 0.3 is 0 Å². The molecule has 19 heavy (non-hydrogen) atoms. The average Bonchev–Trinajstić information content (AvgIpc) is 2.85. The number of aldehydes is 1. The molecule has 1 aromatic rings. The van der Waals surface area contributed by atoms with Gasteiger partial charge in [0.15, 0.2) is 0 Å². The van der Waals surface area contributed by atoms with E-state index in [1.54, 1.807) is 11.3 Å². The van der Waals surface area contributed by atoms with Gasteiger partial charge < -0.3 is 4.79 Å². The Labute approximate surface area is 120 Å². The highest BCUT2D eigenvalue weighted by atomic mass is 32.1. The van der Waals surface area contributed by atoms with Crippen LogP contribution in [-0.4, -0.2) is 24.8 Å². The van der Waals surface area contributed by atoms with Gasteiger partial charge in [0.1, 0.15) is 6.29 Å². The molecule has 1 atom stereocenters. The second-order valence-electron chi connectivity index (χ2n) is 6.00. The van der Waals surface area contributed by atoms with Crippen molar-refractivity contribution in [1.29, 1.82) is 0 Å². The van der Waals surface area contributed by atoms with Gasteiger partial charge in [-0.15, -0.1) is 11.3 Å². The SMILES string of the molecule is CC(c1cccs1)N(C)CC1(C=O)CCCCCC1. The molecule has 1 unspecified atom stereocenters. The maximum absolute atomic E-state index is 11.7. The quantitative estimate of drug-likeness (QED) is 0.592. The summed E-state index contributed by atoms with van der Waals surface area (Å²) in [6, 6.07) is 4.69. The van der Waals surface area contributed by atoms with Gasteiger partial charge in [0.2, 0.25) is 0 Å². The Balaban J connectivity index is 2.02. The summed E-state index contributed by atoms with van der Waals surface area (Å²) >= 11 is 1.80. The fourth-order valence-corrected chi connectivity index (χ4v) is 3.97. The van der Waals surface area contributed by atoms with Crippen molar-refractivity contribution in [3.05, 3.63) is 22.4 Å². The van der Waals surface area contributed by atoms with Gasteiger partial charge in [0.05, 0.1) is 0 Å². The lowest BCUT2D eigenvalue weighted by Crippen LogP contribution is -2.37. The minimum atomic E-state index is -0.100. The third-order valence-electron chi connectivity index (χ3n) is 4.53. The van der Waals surface area contributed by atoms with Crippen LogP contribution in [0.25, 0.3) is 0 Å². The molecule has 0 aliphatic heterocycles. The first-order valence-corrected chi connectivity index (χ1v) is 8.25. The Kier molecular flexibility index (Phi) is 5.17. The third kappa shape index (κ3) is 3.67. The molecule has 3 heteroatoms. The lowest BCUT2D eigenvalue weighted by atomic mass is 9.81. The monoisotopic (exact) mass is 279 g/mol. The Morgan fingerprint density at radius 3 is 2.58 bits per heavy atom. The van der Waals surface area contributed by atoms with Crippen LogP contribution in [0.5, 0.6) is 0 Å². The molecule has 0 spiro atoms. The molecular weight excluding hydrogens is 254 g/mol. The molecule has 1 aliphatic rings. The second kappa shape index (κ2) is 6.67. The van der Waals surface area contributed by atoms with Gasteiger partial charge in [-0.25, -0.2) is 0 Å². The molecule has 0 aromatic carbocycles. The Bertz CT molecular complexity index is 379. The van der Waals surface area contributed by atoms with Crippen molar-refractivity contribution in [2.24, 2.45) is 5.41 Å². The normalized spacial score (nSPS) is 21.0. The van der Waals surface area contributed by atoms with Crippen LogP contribution in [0.15, 0.2) is 17.5 Å². The van der Waals surface area contributed by atoms with Crippen LogP contribution in [0, 0.1) is 5.41 Å². The molecule has 0 saturated heterocycles. The van der Waals surface area contributed by atoms with E-state index in [0.717, 1.165) is 19.4 Å². The van der Waals surface area contributed by atoms with E-state index >= 15 is 0 Å². The predicted molar refractivity (Wildman–Crippen MR) is 81.6 cm³/mol. The molecule has 1 saturated carbocycles. The molecule has 0 radical (unpaired) electrons. The van der Waals surface area contributed by atoms with Crippen molar-refractivity contribution in [1.82, 2.24) is 4.90 Å². The molecule has 0 N–H and O–H groups in total. The number of hydrogen-bond acceptors (Lipinski definition) is 3. The van der Waals surface area contributed by atoms with Crippen LogP contribution in [0.3, 0.4) is 0 Å². The Morgan fingerprint density at radius 1 is 1.37 bits per heavy atom. The third-order valence-corrected chi connectivity index (χ3v) is 5.57. The number of carbonyl (C=O) groups is 1. The summed E-state index contributed by atoms with van der Waals surface area (Å²) in [6.07, 6.45) is 8.38. The molecule has 2 nitrogen and oxygen atoms in total. The van der Waals surface area contributed by atoms with Crippen molar-refractivity contribution in [2.45, 2.75) is 51.5 Å². The summed E-state index contributed by atoms with van der Waals surface area (Å²) in [7, 11) is 2.15. The zero-order chi connectivity index (χ0) is 13.7. The first-order valence-electron chi connectivity index (χ1n) is 7.37. The molecular formula is C16H25NOS. The van der Waals surface area contributed by atoms with Gasteiger partial charge in [-0.05, 0) is 38.3 Å². The maximum Gasteiger partial charge on any atom is 0.127 e. The summed E-state index contributed by atoms with van der Waals surface area (Å²) in [5.74, 6) is 0. The van der Waals surface area contributed by atoms with Gasteiger partial charge in [0, 0.05) is 22.9 Å². The highest BCUT2D eigenvalue weighted by Crippen LogP contribution is 2.36. The maximum atomic E-state index is 11.7. The average molecular weight is 279 g/mol. The zero-order valence-electron chi connectivity index (χ0n) is 12.1. The lowest BCUT2D eigenvalue weighted by molar-refractivity contribution is -0.118. The minimum Gasteiger partial charge on any atom is -0.303 e. The van der Waals surface area contributed by atoms with Gasteiger partial charge in [-0.1, -0.05) is 31.7 Å². The smallest absolute Gasteiger partial charge is 0.127 e. The highest BCUT2D eigenvalue weighted by Gasteiger charge is 2.33. The second-order valence-corrected chi connectivity index (χ2v) is 6.98. The van der Waals surface area contributed by atoms with Crippen LogP contribution in [0.1, 0.15) is 56.4 Å². The van der Waals surface area contributed by atoms with Crippen LogP contribution in [-0.2, 0) is 4.79 Å². The fourth-order valence-electron chi connectivity index (χ4n) is 3.13. The summed E-state index contributed by atoms with van der Waals surface area (Å²) in [4.78, 5) is 15.4. The standard InChI is InChI=1S/C16H25NOS/c1-14(15-8-7-11-19-15)17(2)12-16(13-18)9-5-3-4-6-10-16/h7-8,11,13-14H,3-6,9-10,12H2,1-2H3. The predicted octanol–water partition coefficient (Wildman–Crippen LogP) is 4.28. The highest BCUT2D eigenvalue weighted by molar-refractivity contribution is 7.10. The van der Waals surface area contributed by atoms with Crippen LogP contribution >= 0.6 is 11.3 Å². The van der Waals surface area contributed by atoms with E-state index in [1.807, 2.05) is 0 Å². The van der Waals surface area contributed by atoms with E-state index in [4.69, 9.17) is 0 Å². The van der Waals surface area contributed by atoms with E-state index in [-0.39, 0.29) is 5.41 Å². The minimum absolute atomic E-state index is 0.100. The number of rotatable bonds is 5. The van der Waals surface area contributed by atoms with E-state index in [2.05, 4.69) is 36.4 Å². The summed E-state index contributed by atoms with van der Waals surface area (Å²) < 4.78 is 0. The summed E-state index contributed by atoms with van der Waals surface area (Å²) in [5, 5.41) is 2.13. The van der Waals surface area contributed by atoms with E-state index < -0.39 is 0 Å². The van der Waals surface area contributed by atoms with Gasteiger partial charge in [0.25, 0.3) is 0 Å². The zero-order valence-corrected chi connectivity index (χ0v) is 12.9. The molecule has 1 aromatic heterocycles. The number of hydrogen-bond donors (Lipinski definition) is 0. The molecule has 106 valence electrons. The molecule has 1 aliphatic carbocycles. The summed E-state index contributed by atoms with van der Waals surface area (Å²) in [6.45, 7) is 3.14. The van der Waals surface area contributed by atoms with Crippen molar-refractivity contribution in [2.75, 3.05) is 13.6 Å². The molecule has 1 fully saturated rings. The van der Waals surface area contributed by atoms with Crippen LogP contribution < -0.4 is 0 Å². The summed E-state index contributed by atoms with van der Waals surface area (Å²) in [5.41, 5.74) is -0.100. The van der Waals surface area contributed by atoms with E-state index in [0.29, 0.717) is 6.04 Å². The molecule has 1 heterocycles. The van der Waals surface area contributed by atoms with E-state index in [1.165, 1.54) is 36.8 Å². The first kappa shape index (κ1) is 14.7. The Hall–Kier alpha value is -0.670.